The quantitative estimate of drug-likeness (QED) is 0.430. The third-order valence-electron chi connectivity index (χ3n) is 0. The Labute approximate surface area is 96.3 Å². The zero-order valence-corrected chi connectivity index (χ0v) is 9.49. The minimum Gasteiger partial charge on any atom is -0.412 e. The van der Waals surface area contributed by atoms with Gasteiger partial charge in [0.1, 0.15) is 0 Å². The monoisotopic (exact) mass is 336 g/mol. The van der Waals surface area contributed by atoms with Gasteiger partial charge in [0.25, 0.3) is 0 Å². The summed E-state index contributed by atoms with van der Waals surface area (Å²) in [7, 11) is 0. The van der Waals surface area contributed by atoms with Crippen LogP contribution in [0, 0.1) is 0 Å². The molecule has 0 spiro atoms. The predicted octanol–water partition coefficient (Wildman–Crippen LogP) is -2.44. The van der Waals surface area contributed by atoms with E-state index >= 15 is 0 Å². The van der Waals surface area contributed by atoms with Crippen LogP contribution < -0.4 is 0 Å². The van der Waals surface area contributed by atoms with Gasteiger partial charge in [0.15, 0.2) is 0 Å². The van der Waals surface area contributed by atoms with Gasteiger partial charge in [0.2, 0.25) is 0 Å². The summed E-state index contributed by atoms with van der Waals surface area (Å²) in [6.45, 7) is 0. The molecule has 0 heterocycles. The largest absolute Gasteiger partial charge is 0.412 e. The summed E-state index contributed by atoms with van der Waals surface area (Å²) in [6, 6.07) is 0. The average molecular weight is 337 g/mol. The van der Waals surface area contributed by atoms with E-state index in [1.165, 1.54) is 0 Å². The Balaban J connectivity index is 0. The van der Waals surface area contributed by atoms with Crippen molar-refractivity contribution < 1.29 is 46.9 Å². The number of halogens is 4. The summed E-state index contributed by atoms with van der Waals surface area (Å²) in [5.41, 5.74) is 0. The van der Waals surface area contributed by atoms with Crippen LogP contribution in [0.3, 0.4) is 0 Å². The Morgan fingerprint density at radius 2 is 0.300 bits per heavy atom. The van der Waals surface area contributed by atoms with Gasteiger partial charge in [-0.15, -0.1) is 49.6 Å². The Kier molecular flexibility index (Phi) is 20100. The van der Waals surface area contributed by atoms with E-state index in [1.807, 2.05) is 0 Å². The molecule has 80 valence electrons. The molecule has 0 atom stereocenters. The molecule has 0 radical (unpaired) electrons. The van der Waals surface area contributed by atoms with Crippen molar-refractivity contribution in [3.05, 3.63) is 0 Å². The normalized spacial score (nSPS) is 0. The first kappa shape index (κ1) is 518. The molecule has 0 aliphatic rings. The van der Waals surface area contributed by atoms with E-state index in [0.717, 1.165) is 0 Å². The zero-order chi connectivity index (χ0) is 0. The molecule has 5 nitrogen and oxygen atoms in total. The van der Waals surface area contributed by atoms with Gasteiger partial charge < -0.3 is 27.4 Å². The smallest absolute Gasteiger partial charge is 0 e. The van der Waals surface area contributed by atoms with Crippen LogP contribution in [0.1, 0.15) is 0 Å². The van der Waals surface area contributed by atoms with Crippen LogP contribution >= 0.6 is 49.6 Å². The van der Waals surface area contributed by atoms with Gasteiger partial charge in [-0.25, -0.2) is 0 Å². The van der Waals surface area contributed by atoms with Crippen molar-refractivity contribution in [2.24, 2.45) is 0 Å². The van der Waals surface area contributed by atoms with Crippen LogP contribution in [0.4, 0.5) is 0 Å². The van der Waals surface area contributed by atoms with Gasteiger partial charge in [0.05, 0.1) is 0 Å². The minimum atomic E-state index is 0. The molecule has 10 heteroatoms. The molecule has 10 N–H and O–H groups in total. The molecule has 0 saturated heterocycles. The van der Waals surface area contributed by atoms with Crippen molar-refractivity contribution in [2.75, 3.05) is 0 Å². The van der Waals surface area contributed by atoms with E-state index in [4.69, 9.17) is 0 Å². The maximum atomic E-state index is 0. The van der Waals surface area contributed by atoms with Crippen molar-refractivity contribution >= 4 is 49.6 Å². The molecule has 0 rings (SSSR count). The van der Waals surface area contributed by atoms with Crippen molar-refractivity contribution in [2.45, 2.75) is 0 Å². The summed E-state index contributed by atoms with van der Waals surface area (Å²) in [4.78, 5) is 0. The van der Waals surface area contributed by atoms with Crippen molar-refractivity contribution in [1.82, 2.24) is 0 Å². The Hall–Kier alpha value is 1.58. The van der Waals surface area contributed by atoms with E-state index in [0.29, 0.717) is 0 Å². The van der Waals surface area contributed by atoms with Crippen LogP contribution in [0.2, 0.25) is 0 Å². The maximum Gasteiger partial charge on any atom is 0 e. The van der Waals surface area contributed by atoms with Crippen molar-refractivity contribution in [1.29, 1.82) is 0 Å². The first-order valence-corrected chi connectivity index (χ1v) is 0. The Morgan fingerprint density at radius 3 is 0.300 bits per heavy atom. The summed E-state index contributed by atoms with van der Waals surface area (Å²) < 4.78 is 0. The fourth-order valence-electron chi connectivity index (χ4n) is 0. The molecule has 0 unspecified atom stereocenters. The van der Waals surface area contributed by atoms with Crippen molar-refractivity contribution in [3.63, 3.8) is 0 Å². The molecule has 0 bridgehead atoms. The molecule has 0 aliphatic carbocycles. The maximum absolute atomic E-state index is 0. The summed E-state index contributed by atoms with van der Waals surface area (Å²) in [6.07, 6.45) is 0. The topological polar surface area (TPSA) is 158 Å². The molecule has 0 amide bonds. The molecule has 0 aromatic heterocycles. The predicted molar refractivity (Wildman–Crippen MR) is 47.1 cm³/mol. The third kappa shape index (κ3) is 282. The number of rotatable bonds is 0. The molecule has 0 aliphatic heterocycles. The van der Waals surface area contributed by atoms with E-state index < -0.39 is 0 Å². The molecule has 0 aromatic rings. The number of hydrogen-bond donors (Lipinski definition) is 0. The van der Waals surface area contributed by atoms with Gasteiger partial charge in [0, 0.05) is 19.5 Å². The van der Waals surface area contributed by atoms with Crippen LogP contribution in [0.25, 0.3) is 0 Å². The van der Waals surface area contributed by atoms with Gasteiger partial charge in [-0.05, 0) is 0 Å². The van der Waals surface area contributed by atoms with Crippen LogP contribution in [-0.2, 0) is 19.5 Å². The SMILES string of the molecule is Cl.Cl.Cl.Cl.O.O.O.O.O.[Ru]. The average Bonchev–Trinajstić information content (AvgIpc) is 0. The minimum absolute atomic E-state index is 0. The molecule has 0 fully saturated rings. The van der Waals surface area contributed by atoms with Crippen LogP contribution in [-0.4, -0.2) is 27.4 Å². The molecule has 0 saturated carbocycles. The van der Waals surface area contributed by atoms with Gasteiger partial charge >= 0.3 is 0 Å². The molecular formula is H14Cl4O5Ru. The first-order chi connectivity index (χ1) is 0. The number of hydrogen-bond acceptors (Lipinski definition) is 0. The van der Waals surface area contributed by atoms with Gasteiger partial charge in [-0.2, -0.15) is 0 Å². The Morgan fingerprint density at radius 1 is 0.300 bits per heavy atom. The van der Waals surface area contributed by atoms with Crippen LogP contribution in [0.5, 0.6) is 0 Å². The summed E-state index contributed by atoms with van der Waals surface area (Å²) in [5, 5.41) is 0. The zero-order valence-electron chi connectivity index (χ0n) is 4.49. The van der Waals surface area contributed by atoms with E-state index in [2.05, 4.69) is 0 Å². The second-order valence-electron chi connectivity index (χ2n) is 0. The standard InChI is InChI=1S/4ClH.5H2O.Ru/h4*1H;5*1H2;. The van der Waals surface area contributed by atoms with E-state index in [1.54, 1.807) is 0 Å². The fraction of sp³-hybridized carbons (Fsp3) is 0. The molecule has 10 heavy (non-hydrogen) atoms. The molecular weight excluding hydrogens is 323 g/mol. The summed E-state index contributed by atoms with van der Waals surface area (Å²) >= 11 is 0. The Bertz CT molecular complexity index is 13.6. The van der Waals surface area contributed by atoms with E-state index in [-0.39, 0.29) is 96.5 Å². The summed E-state index contributed by atoms with van der Waals surface area (Å²) in [5.74, 6) is 0. The fourth-order valence-corrected chi connectivity index (χ4v) is 0. The molecule has 0 aromatic carbocycles. The van der Waals surface area contributed by atoms with Crippen LogP contribution in [0.15, 0.2) is 0 Å². The van der Waals surface area contributed by atoms with Crippen molar-refractivity contribution in [3.8, 4) is 0 Å². The van der Waals surface area contributed by atoms with Gasteiger partial charge in [-0.3, -0.25) is 0 Å². The third-order valence-corrected chi connectivity index (χ3v) is 0. The first-order valence-electron chi connectivity index (χ1n) is 0. The van der Waals surface area contributed by atoms with E-state index in [9.17, 15) is 0 Å². The van der Waals surface area contributed by atoms with Gasteiger partial charge in [-0.1, -0.05) is 0 Å². The second kappa shape index (κ2) is 388. The second-order valence-corrected chi connectivity index (χ2v) is 0.